The lowest BCUT2D eigenvalue weighted by atomic mass is 10.2. The van der Waals surface area contributed by atoms with Gasteiger partial charge in [-0.2, -0.15) is 0 Å². The van der Waals surface area contributed by atoms with E-state index in [1.807, 2.05) is 6.92 Å². The molecule has 5 heteroatoms. The minimum atomic E-state index is -0.295. The molecule has 116 valence electrons. The quantitative estimate of drug-likeness (QED) is 0.857. The highest BCUT2D eigenvalue weighted by Crippen LogP contribution is 2.16. The van der Waals surface area contributed by atoms with Crippen molar-refractivity contribution in [2.45, 2.75) is 13.8 Å². The molecule has 0 bridgehead atoms. The lowest BCUT2D eigenvalue weighted by Crippen LogP contribution is -2.21. The Hall–Kier alpha value is -2.56. The second-order valence-corrected chi connectivity index (χ2v) is 4.82. The monoisotopic (exact) mass is 302 g/mol. The van der Waals surface area contributed by atoms with Crippen molar-refractivity contribution >= 4 is 17.3 Å². The number of rotatable bonds is 6. The Labute approximate surface area is 129 Å². The molecule has 0 saturated heterocycles. The van der Waals surface area contributed by atoms with Crippen LogP contribution >= 0.6 is 0 Å². The summed E-state index contributed by atoms with van der Waals surface area (Å²) in [6.45, 7) is 4.27. The Morgan fingerprint density at radius 1 is 1.14 bits per heavy atom. The normalized spacial score (nSPS) is 10.1. The molecule has 4 nitrogen and oxygen atoms in total. The van der Waals surface area contributed by atoms with E-state index >= 15 is 0 Å². The maximum Gasteiger partial charge on any atom is 0.243 e. The van der Waals surface area contributed by atoms with Gasteiger partial charge < -0.3 is 15.4 Å². The second-order valence-electron chi connectivity index (χ2n) is 4.82. The Bertz CT molecular complexity index is 642. The molecule has 0 atom stereocenters. The summed E-state index contributed by atoms with van der Waals surface area (Å²) < 4.78 is 18.7. The molecule has 0 radical (unpaired) electrons. The standard InChI is InChI=1S/C17H19FN2O2/c1-3-22-15-8-6-13(7-9-15)20-17(21)11-19-14-5-4-12(2)16(18)10-14/h4-10,19H,3,11H2,1-2H3,(H,20,21). The van der Waals surface area contributed by atoms with Gasteiger partial charge in [-0.3, -0.25) is 4.79 Å². The van der Waals surface area contributed by atoms with Crippen molar-refractivity contribution in [1.82, 2.24) is 0 Å². The SMILES string of the molecule is CCOc1ccc(NC(=O)CNc2ccc(C)c(F)c2)cc1. The topological polar surface area (TPSA) is 50.4 Å². The van der Waals surface area contributed by atoms with Crippen LogP contribution in [0.3, 0.4) is 0 Å². The van der Waals surface area contributed by atoms with E-state index in [9.17, 15) is 9.18 Å². The molecule has 0 fully saturated rings. The molecule has 2 aromatic rings. The largest absolute Gasteiger partial charge is 0.494 e. The lowest BCUT2D eigenvalue weighted by Gasteiger charge is -2.09. The lowest BCUT2D eigenvalue weighted by molar-refractivity contribution is -0.114. The zero-order chi connectivity index (χ0) is 15.9. The van der Waals surface area contributed by atoms with Crippen LogP contribution < -0.4 is 15.4 Å². The van der Waals surface area contributed by atoms with Crippen LogP contribution in [0.2, 0.25) is 0 Å². The van der Waals surface area contributed by atoms with E-state index < -0.39 is 0 Å². The molecule has 2 aromatic carbocycles. The summed E-state index contributed by atoms with van der Waals surface area (Å²) in [6, 6.07) is 11.9. The maximum atomic E-state index is 13.4. The molecule has 0 spiro atoms. The Balaban J connectivity index is 1.85. The Kier molecular flexibility index (Phi) is 5.36. The fourth-order valence-electron chi connectivity index (χ4n) is 1.89. The zero-order valence-corrected chi connectivity index (χ0v) is 12.7. The molecule has 0 aromatic heterocycles. The van der Waals surface area contributed by atoms with Gasteiger partial charge in [0.05, 0.1) is 13.2 Å². The first-order valence-corrected chi connectivity index (χ1v) is 7.11. The van der Waals surface area contributed by atoms with Crippen LogP contribution in [0, 0.1) is 12.7 Å². The molecular weight excluding hydrogens is 283 g/mol. The minimum absolute atomic E-state index is 0.0652. The number of hydrogen-bond donors (Lipinski definition) is 2. The fourth-order valence-corrected chi connectivity index (χ4v) is 1.89. The van der Waals surface area contributed by atoms with Crippen molar-refractivity contribution in [2.24, 2.45) is 0 Å². The molecule has 0 saturated carbocycles. The summed E-state index contributed by atoms with van der Waals surface area (Å²) in [5.74, 6) is 0.260. The van der Waals surface area contributed by atoms with Crippen LogP contribution in [0.1, 0.15) is 12.5 Å². The number of aryl methyl sites for hydroxylation is 1. The minimum Gasteiger partial charge on any atom is -0.494 e. The first-order chi connectivity index (χ1) is 10.6. The molecule has 1 amide bonds. The van der Waals surface area contributed by atoms with Gasteiger partial charge in [-0.05, 0) is 55.8 Å². The number of carbonyl (C=O) groups is 1. The van der Waals surface area contributed by atoms with Gasteiger partial charge >= 0.3 is 0 Å². The van der Waals surface area contributed by atoms with Gasteiger partial charge in [-0.1, -0.05) is 6.07 Å². The fraction of sp³-hybridized carbons (Fsp3) is 0.235. The number of halogens is 1. The Morgan fingerprint density at radius 2 is 1.82 bits per heavy atom. The number of carbonyl (C=O) groups excluding carboxylic acids is 1. The third kappa shape index (κ3) is 4.48. The summed E-state index contributed by atoms with van der Waals surface area (Å²) in [5.41, 5.74) is 1.83. The van der Waals surface area contributed by atoms with Crippen LogP contribution in [-0.2, 0) is 4.79 Å². The van der Waals surface area contributed by atoms with E-state index in [2.05, 4.69) is 10.6 Å². The predicted molar refractivity (Wildman–Crippen MR) is 85.9 cm³/mol. The average Bonchev–Trinajstić information content (AvgIpc) is 2.51. The first kappa shape index (κ1) is 15.8. The summed E-state index contributed by atoms with van der Waals surface area (Å²) in [7, 11) is 0. The highest BCUT2D eigenvalue weighted by atomic mass is 19.1. The van der Waals surface area contributed by atoms with Crippen LogP contribution in [0.25, 0.3) is 0 Å². The van der Waals surface area contributed by atoms with Crippen LogP contribution in [0.4, 0.5) is 15.8 Å². The third-order valence-corrected chi connectivity index (χ3v) is 3.07. The van der Waals surface area contributed by atoms with E-state index in [4.69, 9.17) is 4.74 Å². The van der Waals surface area contributed by atoms with Crippen molar-refractivity contribution in [2.75, 3.05) is 23.8 Å². The molecular formula is C17H19FN2O2. The van der Waals surface area contributed by atoms with Crippen molar-refractivity contribution in [3.63, 3.8) is 0 Å². The van der Waals surface area contributed by atoms with Gasteiger partial charge in [0, 0.05) is 11.4 Å². The van der Waals surface area contributed by atoms with Crippen LogP contribution in [0.5, 0.6) is 5.75 Å². The summed E-state index contributed by atoms with van der Waals surface area (Å²) in [4.78, 5) is 11.8. The van der Waals surface area contributed by atoms with E-state index in [0.717, 1.165) is 5.75 Å². The van der Waals surface area contributed by atoms with Gasteiger partial charge in [0.1, 0.15) is 11.6 Å². The van der Waals surface area contributed by atoms with Gasteiger partial charge in [-0.15, -0.1) is 0 Å². The maximum absolute atomic E-state index is 13.4. The van der Waals surface area contributed by atoms with Crippen molar-refractivity contribution in [3.8, 4) is 5.75 Å². The molecule has 0 aliphatic carbocycles. The summed E-state index contributed by atoms with van der Waals surface area (Å²) >= 11 is 0. The molecule has 0 heterocycles. The Morgan fingerprint density at radius 3 is 2.45 bits per heavy atom. The predicted octanol–water partition coefficient (Wildman–Crippen LogP) is 3.58. The third-order valence-electron chi connectivity index (χ3n) is 3.07. The number of nitrogens with one attached hydrogen (secondary N) is 2. The summed E-state index contributed by atoms with van der Waals surface area (Å²) in [5, 5.41) is 5.64. The number of hydrogen-bond acceptors (Lipinski definition) is 3. The second kappa shape index (κ2) is 7.45. The van der Waals surface area contributed by atoms with Gasteiger partial charge in [-0.25, -0.2) is 4.39 Å². The number of ether oxygens (including phenoxy) is 1. The van der Waals surface area contributed by atoms with E-state index in [-0.39, 0.29) is 18.3 Å². The zero-order valence-electron chi connectivity index (χ0n) is 12.7. The van der Waals surface area contributed by atoms with Crippen molar-refractivity contribution in [3.05, 3.63) is 53.8 Å². The summed E-state index contributed by atoms with van der Waals surface area (Å²) in [6.07, 6.45) is 0. The molecule has 22 heavy (non-hydrogen) atoms. The van der Waals surface area contributed by atoms with E-state index in [0.29, 0.717) is 23.5 Å². The average molecular weight is 302 g/mol. The van der Waals surface area contributed by atoms with E-state index in [1.54, 1.807) is 43.3 Å². The highest BCUT2D eigenvalue weighted by Gasteiger charge is 2.04. The first-order valence-electron chi connectivity index (χ1n) is 7.11. The van der Waals surface area contributed by atoms with E-state index in [1.165, 1.54) is 6.07 Å². The smallest absolute Gasteiger partial charge is 0.243 e. The van der Waals surface area contributed by atoms with Crippen molar-refractivity contribution < 1.29 is 13.9 Å². The van der Waals surface area contributed by atoms with Gasteiger partial charge in [0.2, 0.25) is 5.91 Å². The highest BCUT2D eigenvalue weighted by molar-refractivity contribution is 5.93. The van der Waals surface area contributed by atoms with Gasteiger partial charge in [0.15, 0.2) is 0 Å². The number of benzene rings is 2. The number of amides is 1. The van der Waals surface area contributed by atoms with Crippen LogP contribution in [-0.4, -0.2) is 19.1 Å². The number of anilines is 2. The van der Waals surface area contributed by atoms with Gasteiger partial charge in [0.25, 0.3) is 0 Å². The van der Waals surface area contributed by atoms with Crippen molar-refractivity contribution in [1.29, 1.82) is 0 Å². The molecule has 0 unspecified atom stereocenters. The molecule has 2 N–H and O–H groups in total. The molecule has 0 aliphatic rings. The molecule has 0 aliphatic heterocycles. The van der Waals surface area contributed by atoms with Crippen LogP contribution in [0.15, 0.2) is 42.5 Å². The molecule has 2 rings (SSSR count).